The Morgan fingerprint density at radius 3 is 2.46 bits per heavy atom. The molecule has 0 aromatic carbocycles. The van der Waals surface area contributed by atoms with Gasteiger partial charge in [-0.2, -0.15) is 0 Å². The summed E-state index contributed by atoms with van der Waals surface area (Å²) in [7, 11) is 0. The molecular weight excluding hydrogens is 182 g/mol. The first-order valence-electron chi connectivity index (χ1n) is 5.51. The van der Waals surface area contributed by atoms with E-state index in [1.54, 1.807) is 0 Å². The van der Waals surface area contributed by atoms with Crippen molar-refractivity contribution in [3.8, 4) is 0 Å². The average Bonchev–Trinajstić information content (AvgIpc) is 2.03. The molecule has 0 fully saturated rings. The highest BCUT2D eigenvalue weighted by atomic mass is 35.5. The molecule has 0 bridgehead atoms. The number of halogens is 1. The van der Waals surface area contributed by atoms with Gasteiger partial charge >= 0.3 is 0 Å². The van der Waals surface area contributed by atoms with Crippen LogP contribution in [0.25, 0.3) is 0 Å². The predicted molar refractivity (Wildman–Crippen MR) is 61.5 cm³/mol. The van der Waals surface area contributed by atoms with Crippen molar-refractivity contribution in [1.82, 2.24) is 5.32 Å². The molecule has 0 aromatic rings. The maximum atomic E-state index is 6.06. The van der Waals surface area contributed by atoms with Crippen LogP contribution in [-0.4, -0.2) is 18.5 Å². The normalized spacial score (nSPS) is 13.6. The first-order chi connectivity index (χ1) is 6.16. The molecule has 1 unspecified atom stereocenters. The summed E-state index contributed by atoms with van der Waals surface area (Å²) in [5.74, 6) is 0.823. The summed E-state index contributed by atoms with van der Waals surface area (Å²) >= 11 is 6.06. The fourth-order valence-corrected chi connectivity index (χ4v) is 1.64. The van der Waals surface area contributed by atoms with Gasteiger partial charge in [-0.3, -0.25) is 0 Å². The monoisotopic (exact) mass is 205 g/mol. The zero-order chi connectivity index (χ0) is 10.1. The van der Waals surface area contributed by atoms with E-state index in [0.717, 1.165) is 25.4 Å². The number of nitrogens with one attached hydrogen (secondary N) is 1. The Kier molecular flexibility index (Phi) is 9.00. The van der Waals surface area contributed by atoms with Crippen LogP contribution >= 0.6 is 11.6 Å². The third-order valence-electron chi connectivity index (χ3n) is 2.10. The van der Waals surface area contributed by atoms with Crippen molar-refractivity contribution >= 4 is 11.6 Å². The van der Waals surface area contributed by atoms with Gasteiger partial charge < -0.3 is 5.32 Å². The molecule has 80 valence electrons. The van der Waals surface area contributed by atoms with Crippen LogP contribution in [0, 0.1) is 5.92 Å². The smallest absolute Gasteiger partial charge is 0.0460 e. The molecule has 0 amide bonds. The van der Waals surface area contributed by atoms with Crippen molar-refractivity contribution in [2.45, 2.75) is 51.8 Å². The molecule has 0 saturated heterocycles. The number of hydrogen-bond donors (Lipinski definition) is 1. The second kappa shape index (κ2) is 8.83. The molecule has 0 aliphatic carbocycles. The van der Waals surface area contributed by atoms with Gasteiger partial charge in [0.1, 0.15) is 0 Å². The largest absolute Gasteiger partial charge is 0.315 e. The van der Waals surface area contributed by atoms with Gasteiger partial charge in [0.25, 0.3) is 0 Å². The quantitative estimate of drug-likeness (QED) is 0.473. The van der Waals surface area contributed by atoms with E-state index in [-0.39, 0.29) is 0 Å². The molecule has 0 radical (unpaired) electrons. The lowest BCUT2D eigenvalue weighted by atomic mass is 10.1. The summed E-state index contributed by atoms with van der Waals surface area (Å²) in [5, 5.41) is 3.72. The summed E-state index contributed by atoms with van der Waals surface area (Å²) in [4.78, 5) is 0. The molecule has 1 atom stereocenters. The molecule has 0 aromatic heterocycles. The lowest BCUT2D eigenvalue weighted by Gasteiger charge is -2.10. The van der Waals surface area contributed by atoms with E-state index in [1.165, 1.54) is 19.3 Å². The molecule has 0 aliphatic rings. The molecule has 2 heteroatoms. The Hall–Kier alpha value is 0.250. The van der Waals surface area contributed by atoms with Crippen LogP contribution in [0.2, 0.25) is 0 Å². The van der Waals surface area contributed by atoms with E-state index in [9.17, 15) is 0 Å². The number of rotatable bonds is 8. The molecule has 1 nitrogen and oxygen atoms in total. The Balaban J connectivity index is 3.06. The Bertz CT molecular complexity index is 104. The lowest BCUT2D eigenvalue weighted by molar-refractivity contribution is 0.521. The van der Waals surface area contributed by atoms with Crippen molar-refractivity contribution < 1.29 is 0 Å². The van der Waals surface area contributed by atoms with E-state index >= 15 is 0 Å². The fraction of sp³-hybridized carbons (Fsp3) is 1.00. The summed E-state index contributed by atoms with van der Waals surface area (Å²) < 4.78 is 0. The van der Waals surface area contributed by atoms with Gasteiger partial charge in [-0.05, 0) is 31.7 Å². The molecule has 0 spiro atoms. The molecule has 1 N–H and O–H groups in total. The fourth-order valence-electron chi connectivity index (χ4n) is 1.31. The third kappa shape index (κ3) is 10.2. The highest BCUT2D eigenvalue weighted by molar-refractivity contribution is 6.20. The van der Waals surface area contributed by atoms with E-state index in [1.807, 2.05) is 0 Å². The van der Waals surface area contributed by atoms with Gasteiger partial charge in [0.05, 0.1) is 0 Å². The van der Waals surface area contributed by atoms with Gasteiger partial charge in [-0.1, -0.05) is 27.2 Å². The number of alkyl halides is 1. The minimum atomic E-state index is 0.323. The van der Waals surface area contributed by atoms with Crippen LogP contribution in [0.4, 0.5) is 0 Å². The van der Waals surface area contributed by atoms with Gasteiger partial charge in [-0.25, -0.2) is 0 Å². The van der Waals surface area contributed by atoms with E-state index in [0.29, 0.717) is 5.38 Å². The summed E-state index contributed by atoms with van der Waals surface area (Å²) in [5.41, 5.74) is 0. The van der Waals surface area contributed by atoms with Gasteiger partial charge in [0.2, 0.25) is 0 Å². The van der Waals surface area contributed by atoms with Crippen molar-refractivity contribution in [2.24, 2.45) is 5.92 Å². The van der Waals surface area contributed by atoms with Gasteiger partial charge in [0, 0.05) is 11.9 Å². The lowest BCUT2D eigenvalue weighted by Crippen LogP contribution is -2.24. The second-order valence-corrected chi connectivity index (χ2v) is 4.74. The Morgan fingerprint density at radius 1 is 1.23 bits per heavy atom. The third-order valence-corrected chi connectivity index (χ3v) is 2.48. The molecule has 0 saturated carbocycles. The van der Waals surface area contributed by atoms with Crippen molar-refractivity contribution in [3.05, 3.63) is 0 Å². The van der Waals surface area contributed by atoms with Crippen LogP contribution in [0.5, 0.6) is 0 Å². The molecule has 0 rings (SSSR count). The summed E-state index contributed by atoms with van der Waals surface area (Å²) in [6, 6.07) is 0. The molecule has 13 heavy (non-hydrogen) atoms. The first-order valence-corrected chi connectivity index (χ1v) is 5.95. The molecule has 0 aliphatic heterocycles. The van der Waals surface area contributed by atoms with E-state index in [4.69, 9.17) is 11.6 Å². The summed E-state index contributed by atoms with van der Waals surface area (Å²) in [6.07, 6.45) is 4.89. The standard InChI is InChI=1S/C11H24ClN/c1-4-6-11(12)9-13-8-5-7-10(2)3/h10-11,13H,4-9H2,1-3H3. The summed E-state index contributed by atoms with van der Waals surface area (Å²) in [6.45, 7) is 8.79. The minimum Gasteiger partial charge on any atom is -0.315 e. The van der Waals surface area contributed by atoms with Crippen molar-refractivity contribution in [1.29, 1.82) is 0 Å². The van der Waals surface area contributed by atoms with Gasteiger partial charge in [-0.15, -0.1) is 11.6 Å². The molecule has 0 heterocycles. The SMILES string of the molecule is CCCC(Cl)CNCCCC(C)C. The van der Waals surface area contributed by atoms with E-state index in [2.05, 4.69) is 26.1 Å². The Labute approximate surface area is 88.2 Å². The van der Waals surface area contributed by atoms with E-state index < -0.39 is 0 Å². The average molecular weight is 206 g/mol. The minimum absolute atomic E-state index is 0.323. The van der Waals surface area contributed by atoms with Crippen LogP contribution in [0.15, 0.2) is 0 Å². The molecular formula is C11H24ClN. The van der Waals surface area contributed by atoms with Crippen molar-refractivity contribution in [3.63, 3.8) is 0 Å². The number of hydrogen-bond acceptors (Lipinski definition) is 1. The Morgan fingerprint density at radius 2 is 1.92 bits per heavy atom. The second-order valence-electron chi connectivity index (χ2n) is 4.13. The maximum Gasteiger partial charge on any atom is 0.0460 e. The maximum absolute atomic E-state index is 6.06. The van der Waals surface area contributed by atoms with Crippen LogP contribution in [0.1, 0.15) is 46.5 Å². The predicted octanol–water partition coefficient (Wildman–Crippen LogP) is 3.42. The van der Waals surface area contributed by atoms with Crippen LogP contribution < -0.4 is 5.32 Å². The zero-order valence-electron chi connectivity index (χ0n) is 9.28. The highest BCUT2D eigenvalue weighted by Gasteiger charge is 2.01. The van der Waals surface area contributed by atoms with Gasteiger partial charge in [0.15, 0.2) is 0 Å². The van der Waals surface area contributed by atoms with Crippen LogP contribution in [0.3, 0.4) is 0 Å². The zero-order valence-corrected chi connectivity index (χ0v) is 10.0. The topological polar surface area (TPSA) is 12.0 Å². The van der Waals surface area contributed by atoms with Crippen molar-refractivity contribution in [2.75, 3.05) is 13.1 Å². The van der Waals surface area contributed by atoms with Crippen LogP contribution in [-0.2, 0) is 0 Å². The first kappa shape index (κ1) is 13.2. The highest BCUT2D eigenvalue weighted by Crippen LogP contribution is 2.04.